The summed E-state index contributed by atoms with van der Waals surface area (Å²) in [5.74, 6) is 1.88. The first-order chi connectivity index (χ1) is 11.5. The maximum atomic E-state index is 12.3. The second-order valence-corrected chi connectivity index (χ2v) is 8.11. The third-order valence-electron chi connectivity index (χ3n) is 4.36. The molecule has 0 atom stereocenters. The number of ether oxygens (including phenoxy) is 2. The molecular weight excluding hydrogens is 328 g/mol. The van der Waals surface area contributed by atoms with Crippen LogP contribution in [0.5, 0.6) is 11.5 Å². The predicted molar refractivity (Wildman–Crippen MR) is 95.1 cm³/mol. The molecule has 0 amide bonds. The second-order valence-electron chi connectivity index (χ2n) is 6.02. The quantitative estimate of drug-likeness (QED) is 0.713. The molecule has 1 heterocycles. The van der Waals surface area contributed by atoms with Gasteiger partial charge in [0.25, 0.3) is 0 Å². The van der Waals surface area contributed by atoms with E-state index in [0.29, 0.717) is 13.1 Å². The van der Waals surface area contributed by atoms with Gasteiger partial charge in [-0.05, 0) is 24.6 Å². The first-order valence-corrected chi connectivity index (χ1v) is 10.0. The first kappa shape index (κ1) is 19.0. The molecule has 1 saturated heterocycles. The van der Waals surface area contributed by atoms with Gasteiger partial charge in [0.1, 0.15) is 11.5 Å². The Morgan fingerprint density at radius 1 is 1.08 bits per heavy atom. The molecule has 7 heteroatoms. The van der Waals surface area contributed by atoms with Crippen molar-refractivity contribution >= 4 is 10.0 Å². The average Bonchev–Trinajstić information content (AvgIpc) is 2.60. The number of nitrogens with zero attached hydrogens (tertiary/aromatic N) is 2. The van der Waals surface area contributed by atoms with Gasteiger partial charge in [0.05, 0.1) is 20.0 Å². The van der Waals surface area contributed by atoms with Gasteiger partial charge in [-0.3, -0.25) is 4.90 Å². The van der Waals surface area contributed by atoms with Crippen molar-refractivity contribution in [2.45, 2.75) is 26.3 Å². The van der Waals surface area contributed by atoms with Crippen molar-refractivity contribution in [3.63, 3.8) is 0 Å². The lowest BCUT2D eigenvalue weighted by Crippen LogP contribution is -2.48. The minimum Gasteiger partial charge on any atom is -0.497 e. The molecule has 1 aromatic rings. The molecule has 0 spiro atoms. The zero-order valence-corrected chi connectivity index (χ0v) is 15.6. The lowest BCUT2D eigenvalue weighted by molar-refractivity contribution is 0.180. The van der Waals surface area contributed by atoms with E-state index in [9.17, 15) is 8.42 Å². The molecule has 0 saturated carbocycles. The number of hydrogen-bond donors (Lipinski definition) is 0. The van der Waals surface area contributed by atoms with Crippen LogP contribution in [-0.4, -0.2) is 63.8 Å². The Kier molecular flexibility index (Phi) is 6.89. The van der Waals surface area contributed by atoms with Crippen LogP contribution in [-0.2, 0) is 16.6 Å². The Bertz CT molecular complexity index is 625. The van der Waals surface area contributed by atoms with Crippen LogP contribution in [0, 0.1) is 0 Å². The standard InChI is InChI=1S/C17H28N2O4S/c1-4-5-12-24(20,21)19-10-8-18(9-11-19)14-15-13-16(22-2)6-7-17(15)23-3/h6-7,13H,4-5,8-12,14H2,1-3H3. The van der Waals surface area contributed by atoms with Gasteiger partial charge in [0.2, 0.25) is 10.0 Å². The highest BCUT2D eigenvalue weighted by atomic mass is 32.2. The van der Waals surface area contributed by atoms with E-state index in [4.69, 9.17) is 9.47 Å². The normalized spacial score (nSPS) is 17.0. The molecule has 0 bridgehead atoms. The summed E-state index contributed by atoms with van der Waals surface area (Å²) in [7, 11) is 0.197. The van der Waals surface area contributed by atoms with E-state index in [1.807, 2.05) is 25.1 Å². The first-order valence-electron chi connectivity index (χ1n) is 8.41. The zero-order chi connectivity index (χ0) is 17.6. The van der Waals surface area contributed by atoms with Gasteiger partial charge in [-0.2, -0.15) is 4.31 Å². The van der Waals surface area contributed by atoms with E-state index in [0.717, 1.165) is 49.5 Å². The number of methoxy groups -OCH3 is 2. The number of rotatable bonds is 8. The van der Waals surface area contributed by atoms with Crippen molar-refractivity contribution in [3.05, 3.63) is 23.8 Å². The highest BCUT2D eigenvalue weighted by Gasteiger charge is 2.26. The molecule has 1 aromatic carbocycles. The van der Waals surface area contributed by atoms with Crippen molar-refractivity contribution in [1.29, 1.82) is 0 Å². The number of benzene rings is 1. The van der Waals surface area contributed by atoms with Gasteiger partial charge in [-0.1, -0.05) is 13.3 Å². The fourth-order valence-corrected chi connectivity index (χ4v) is 4.50. The summed E-state index contributed by atoms with van der Waals surface area (Å²) in [6.45, 7) is 5.30. The van der Waals surface area contributed by atoms with Crippen molar-refractivity contribution in [3.8, 4) is 11.5 Å². The number of hydrogen-bond acceptors (Lipinski definition) is 5. The summed E-state index contributed by atoms with van der Waals surface area (Å²) < 4.78 is 36.9. The van der Waals surface area contributed by atoms with Crippen LogP contribution in [0.4, 0.5) is 0 Å². The number of unbranched alkanes of at least 4 members (excludes halogenated alkanes) is 1. The molecule has 6 nitrogen and oxygen atoms in total. The Morgan fingerprint density at radius 3 is 2.38 bits per heavy atom. The Balaban J connectivity index is 1.96. The van der Waals surface area contributed by atoms with Gasteiger partial charge in [0.15, 0.2) is 0 Å². The van der Waals surface area contributed by atoms with E-state index in [1.54, 1.807) is 18.5 Å². The largest absolute Gasteiger partial charge is 0.497 e. The van der Waals surface area contributed by atoms with Gasteiger partial charge in [-0.25, -0.2) is 8.42 Å². The van der Waals surface area contributed by atoms with E-state index < -0.39 is 10.0 Å². The van der Waals surface area contributed by atoms with Crippen LogP contribution in [0.3, 0.4) is 0 Å². The van der Waals surface area contributed by atoms with Crippen molar-refractivity contribution in [2.24, 2.45) is 0 Å². The van der Waals surface area contributed by atoms with Crippen LogP contribution in [0.25, 0.3) is 0 Å². The average molecular weight is 356 g/mol. The SMILES string of the molecule is CCCCS(=O)(=O)N1CCN(Cc2cc(OC)ccc2OC)CC1. The van der Waals surface area contributed by atoms with Crippen LogP contribution in [0.15, 0.2) is 18.2 Å². The summed E-state index contributed by atoms with van der Waals surface area (Å²) in [5.41, 5.74) is 1.05. The maximum absolute atomic E-state index is 12.3. The van der Waals surface area contributed by atoms with E-state index in [1.165, 1.54) is 0 Å². The minimum absolute atomic E-state index is 0.257. The molecule has 136 valence electrons. The fraction of sp³-hybridized carbons (Fsp3) is 0.647. The summed E-state index contributed by atoms with van der Waals surface area (Å²) in [6, 6.07) is 5.75. The smallest absolute Gasteiger partial charge is 0.214 e. The molecule has 0 unspecified atom stereocenters. The van der Waals surface area contributed by atoms with Gasteiger partial charge < -0.3 is 9.47 Å². The van der Waals surface area contributed by atoms with Crippen LogP contribution in [0.2, 0.25) is 0 Å². The summed E-state index contributed by atoms with van der Waals surface area (Å²) in [4.78, 5) is 2.25. The second kappa shape index (κ2) is 8.69. The molecule has 0 aliphatic carbocycles. The molecule has 2 rings (SSSR count). The molecule has 1 aliphatic rings. The Hall–Kier alpha value is -1.31. The lowest BCUT2D eigenvalue weighted by Gasteiger charge is -2.34. The van der Waals surface area contributed by atoms with Crippen LogP contribution in [0.1, 0.15) is 25.3 Å². The van der Waals surface area contributed by atoms with Crippen LogP contribution >= 0.6 is 0 Å². The fourth-order valence-electron chi connectivity index (χ4n) is 2.87. The van der Waals surface area contributed by atoms with Crippen molar-refractivity contribution in [2.75, 3.05) is 46.2 Å². The molecule has 0 N–H and O–H groups in total. The van der Waals surface area contributed by atoms with Gasteiger partial charge in [0, 0.05) is 38.3 Å². The highest BCUT2D eigenvalue weighted by Crippen LogP contribution is 2.25. The topological polar surface area (TPSA) is 59.1 Å². The molecule has 1 fully saturated rings. The van der Waals surface area contributed by atoms with Crippen molar-refractivity contribution < 1.29 is 17.9 Å². The lowest BCUT2D eigenvalue weighted by atomic mass is 10.1. The molecule has 0 radical (unpaired) electrons. The molecule has 1 aliphatic heterocycles. The zero-order valence-electron chi connectivity index (χ0n) is 14.8. The van der Waals surface area contributed by atoms with Gasteiger partial charge >= 0.3 is 0 Å². The summed E-state index contributed by atoms with van der Waals surface area (Å²) in [6.07, 6.45) is 1.62. The number of sulfonamides is 1. The summed E-state index contributed by atoms with van der Waals surface area (Å²) >= 11 is 0. The Labute approximate surface area is 145 Å². The third kappa shape index (κ3) is 4.84. The number of piperazine rings is 1. The van der Waals surface area contributed by atoms with E-state index >= 15 is 0 Å². The Morgan fingerprint density at radius 2 is 1.79 bits per heavy atom. The molecule has 0 aromatic heterocycles. The monoisotopic (exact) mass is 356 g/mol. The van der Waals surface area contributed by atoms with E-state index in [2.05, 4.69) is 4.90 Å². The minimum atomic E-state index is -3.10. The van der Waals surface area contributed by atoms with Gasteiger partial charge in [-0.15, -0.1) is 0 Å². The molecular formula is C17H28N2O4S. The summed E-state index contributed by atoms with van der Waals surface area (Å²) in [5, 5.41) is 0. The van der Waals surface area contributed by atoms with Crippen molar-refractivity contribution in [1.82, 2.24) is 9.21 Å². The van der Waals surface area contributed by atoms with E-state index in [-0.39, 0.29) is 5.75 Å². The highest BCUT2D eigenvalue weighted by molar-refractivity contribution is 7.89. The third-order valence-corrected chi connectivity index (χ3v) is 6.32. The molecule has 24 heavy (non-hydrogen) atoms. The maximum Gasteiger partial charge on any atom is 0.214 e. The van der Waals surface area contributed by atoms with Crippen LogP contribution < -0.4 is 9.47 Å². The predicted octanol–water partition coefficient (Wildman–Crippen LogP) is 1.95.